The Morgan fingerprint density at radius 1 is 0.943 bits per heavy atom. The van der Waals surface area contributed by atoms with Crippen LogP contribution in [0.4, 0.5) is 14.5 Å². The summed E-state index contributed by atoms with van der Waals surface area (Å²) in [5.74, 6) is -18.3. The van der Waals surface area contributed by atoms with E-state index < -0.39 is 64.0 Å². The van der Waals surface area contributed by atoms with Crippen LogP contribution >= 0.6 is 0 Å². The summed E-state index contributed by atoms with van der Waals surface area (Å²) < 4.78 is 31.4. The highest BCUT2D eigenvalue weighted by Crippen LogP contribution is 2.56. The Bertz CT molecular complexity index is 1980. The third kappa shape index (κ3) is 6.49. The van der Waals surface area contributed by atoms with Crippen molar-refractivity contribution in [2.75, 3.05) is 12.8 Å². The molecule has 2 aliphatic carbocycles. The van der Waals surface area contributed by atoms with Crippen molar-refractivity contribution >= 4 is 28.8 Å². The second-order valence-corrected chi connectivity index (χ2v) is 13.8. The van der Waals surface area contributed by atoms with Gasteiger partial charge in [-0.3, -0.25) is 0 Å². The molecule has 4 aromatic rings. The molecule has 3 atom stereocenters. The molecule has 14 nitrogen and oxygen atoms in total. The van der Waals surface area contributed by atoms with Gasteiger partial charge in [0.05, 0.1) is 22.7 Å². The van der Waals surface area contributed by atoms with Crippen LogP contribution in [0.1, 0.15) is 74.0 Å². The fourth-order valence-corrected chi connectivity index (χ4v) is 6.93. The predicted octanol–water partition coefficient (Wildman–Crippen LogP) is 2.30. The van der Waals surface area contributed by atoms with Gasteiger partial charge in [-0.05, 0) is 73.2 Å². The highest BCUT2D eigenvalue weighted by molar-refractivity contribution is 6.05. The number of halogens is 2. The molecule has 3 unspecified atom stereocenters. The number of aliphatic hydroxyl groups is 9. The van der Waals surface area contributed by atoms with Crippen LogP contribution in [0.15, 0.2) is 54.6 Å². The summed E-state index contributed by atoms with van der Waals surface area (Å²) in [7, 11) is 1.00. The molecule has 1 heterocycles. The first-order chi connectivity index (χ1) is 24.6. The summed E-state index contributed by atoms with van der Waals surface area (Å²) in [6.07, 6.45) is 3.66. The second-order valence-electron chi connectivity index (χ2n) is 13.8. The predicted molar refractivity (Wildman–Crippen MR) is 189 cm³/mol. The van der Waals surface area contributed by atoms with E-state index in [9.17, 15) is 55.1 Å². The fourth-order valence-electron chi connectivity index (χ4n) is 6.93. The molecule has 0 bridgehead atoms. The number of nitrogens with two attached hydrogens (primary N) is 1. The smallest absolute Gasteiger partial charge is 0.335 e. The zero-order valence-electron chi connectivity index (χ0n) is 29.4. The number of hydrogen-bond donors (Lipinski definition) is 12. The fraction of sp³-hybridized carbons (Fsp3) is 0.405. The maximum atomic E-state index is 16.3. The largest absolute Gasteiger partial charge is 0.478 e. The zero-order chi connectivity index (χ0) is 40.1. The summed E-state index contributed by atoms with van der Waals surface area (Å²) in [6, 6.07) is 10.2. The van der Waals surface area contributed by atoms with Crippen molar-refractivity contribution in [1.82, 2.24) is 4.57 Å². The number of benzene rings is 3. The average molecular weight is 746 g/mol. The second kappa shape index (κ2) is 14.5. The van der Waals surface area contributed by atoms with E-state index in [1.165, 1.54) is 56.0 Å². The molecule has 13 N–H and O–H groups in total. The first-order valence-electron chi connectivity index (χ1n) is 16.6. The van der Waals surface area contributed by atoms with Gasteiger partial charge in [0.2, 0.25) is 0 Å². The first kappa shape index (κ1) is 41.4. The zero-order valence-corrected chi connectivity index (χ0v) is 29.4. The van der Waals surface area contributed by atoms with Crippen LogP contribution in [0.25, 0.3) is 27.7 Å². The quantitative estimate of drug-likeness (QED) is 0.0770. The van der Waals surface area contributed by atoms with Gasteiger partial charge in [-0.2, -0.15) is 0 Å². The van der Waals surface area contributed by atoms with Crippen LogP contribution in [0.3, 0.4) is 0 Å². The number of carboxylic acid groups (broad SMARTS) is 1. The van der Waals surface area contributed by atoms with Gasteiger partial charge in [-0.15, -0.1) is 0 Å². The molecule has 6 rings (SSSR count). The highest BCUT2D eigenvalue weighted by Gasteiger charge is 2.79. The number of rotatable bonds is 6. The van der Waals surface area contributed by atoms with Gasteiger partial charge in [0.25, 0.3) is 17.4 Å². The van der Waals surface area contributed by atoms with Crippen molar-refractivity contribution < 1.29 is 64.6 Å². The number of nitrogen functional groups attached to an aromatic ring is 1. The molecule has 0 saturated heterocycles. The number of nitrogens with zero attached hydrogens (tertiary/aromatic N) is 1. The standard InChI is InChI=1S/C29H27F2N3O10.C7H14.CH4O/c1-26(38)20(24(35)27(39,40)29(43,44)28(26,41)42)23-18(12-2-4-13(5-3-12)25(36)37)19-17(10-14(11-32)22(33)21(19)31)34(23)16-8-6-15(30)7-9-16;1-3-7(2)5-4-6-7;1-2/h2-11,20,24,32,35,38-44H,33H2,1H3,(H,36,37);3-6H2,1-2H3;2H,1H3. The van der Waals surface area contributed by atoms with E-state index in [1.54, 1.807) is 0 Å². The lowest BCUT2D eigenvalue weighted by atomic mass is 9.62. The van der Waals surface area contributed by atoms with E-state index in [4.69, 9.17) is 16.2 Å². The number of carbonyl (C=O) groups is 1. The average Bonchev–Trinajstić information content (AvgIpc) is 3.43. The number of fused-ring (bicyclic) bond motifs is 1. The van der Waals surface area contributed by atoms with Crippen LogP contribution < -0.4 is 5.73 Å². The van der Waals surface area contributed by atoms with Gasteiger partial charge in [0.15, 0.2) is 5.82 Å². The van der Waals surface area contributed by atoms with Gasteiger partial charge >= 0.3 is 5.97 Å². The lowest BCUT2D eigenvalue weighted by Crippen LogP contribution is -2.84. The molecule has 2 saturated carbocycles. The number of anilines is 1. The van der Waals surface area contributed by atoms with E-state index in [2.05, 4.69) is 13.8 Å². The third-order valence-electron chi connectivity index (χ3n) is 10.7. The van der Waals surface area contributed by atoms with Crippen LogP contribution in [0, 0.1) is 22.5 Å². The van der Waals surface area contributed by atoms with Crippen molar-refractivity contribution in [3.63, 3.8) is 0 Å². The lowest BCUT2D eigenvalue weighted by molar-refractivity contribution is -0.516. The molecule has 1 aromatic heterocycles. The Kier molecular flexibility index (Phi) is 11.3. The molecule has 2 fully saturated rings. The number of aliphatic hydroxyl groups excluding tert-OH is 2. The molecule has 0 spiro atoms. The molecular weight excluding hydrogens is 700 g/mol. The highest BCUT2D eigenvalue weighted by atomic mass is 19.1. The van der Waals surface area contributed by atoms with Crippen molar-refractivity contribution in [1.29, 1.82) is 5.41 Å². The van der Waals surface area contributed by atoms with E-state index in [1.807, 2.05) is 0 Å². The minimum atomic E-state index is -4.38. The van der Waals surface area contributed by atoms with Crippen LogP contribution in [0.5, 0.6) is 0 Å². The van der Waals surface area contributed by atoms with Gasteiger partial charge < -0.3 is 66.8 Å². The number of nitrogens with one attached hydrogen (secondary N) is 1. The molecule has 2 aliphatic rings. The van der Waals surface area contributed by atoms with E-state index >= 15 is 4.39 Å². The molecule has 53 heavy (non-hydrogen) atoms. The molecular formula is C37H45F2N3O11. The van der Waals surface area contributed by atoms with Crippen molar-refractivity contribution in [2.24, 2.45) is 5.41 Å². The SMILES string of the molecule is CC1(O)C(c2c(-c3ccc(C(=O)O)cc3)c3c(F)c(N)c(C=N)cc3n2-c2ccc(F)cc2)C(O)C(O)(O)C(O)(O)C1(O)O.CCC1(C)CCC1.CO. The summed E-state index contributed by atoms with van der Waals surface area (Å²) in [5, 5.41) is 111. The van der Waals surface area contributed by atoms with Crippen LogP contribution in [0.2, 0.25) is 0 Å². The van der Waals surface area contributed by atoms with Gasteiger partial charge in [-0.1, -0.05) is 38.8 Å². The lowest BCUT2D eigenvalue weighted by Gasteiger charge is -2.58. The number of carboxylic acids is 1. The van der Waals surface area contributed by atoms with Crippen molar-refractivity contribution in [3.05, 3.63) is 83.1 Å². The van der Waals surface area contributed by atoms with E-state index in [-0.39, 0.29) is 38.8 Å². The van der Waals surface area contributed by atoms with Crippen molar-refractivity contribution in [2.45, 2.75) is 81.4 Å². The van der Waals surface area contributed by atoms with E-state index in [0.29, 0.717) is 6.92 Å². The van der Waals surface area contributed by atoms with Gasteiger partial charge in [0.1, 0.15) is 17.5 Å². The summed E-state index contributed by atoms with van der Waals surface area (Å²) >= 11 is 0. The first-order valence-corrected chi connectivity index (χ1v) is 16.6. The van der Waals surface area contributed by atoms with Crippen LogP contribution in [-0.2, 0) is 0 Å². The van der Waals surface area contributed by atoms with Gasteiger partial charge in [-0.25, -0.2) is 13.6 Å². The molecule has 0 aliphatic heterocycles. The minimum Gasteiger partial charge on any atom is -0.478 e. The van der Waals surface area contributed by atoms with Gasteiger partial charge in [0, 0.05) is 41.2 Å². The normalized spacial score (nSPS) is 23.5. The maximum Gasteiger partial charge on any atom is 0.335 e. The number of hydrogen-bond acceptors (Lipinski definition) is 12. The molecule has 0 radical (unpaired) electrons. The number of aromatic carboxylic acids is 1. The minimum absolute atomic E-state index is 0.0179. The molecule has 0 amide bonds. The Balaban J connectivity index is 0.000000617. The third-order valence-corrected chi connectivity index (χ3v) is 10.7. The Hall–Kier alpha value is -4.36. The topological polar surface area (TPSA) is 274 Å². The Labute approximate surface area is 302 Å². The Morgan fingerprint density at radius 2 is 1.49 bits per heavy atom. The maximum absolute atomic E-state index is 16.3. The monoisotopic (exact) mass is 745 g/mol. The Morgan fingerprint density at radius 3 is 1.92 bits per heavy atom. The summed E-state index contributed by atoms with van der Waals surface area (Å²) in [6.45, 7) is 5.31. The van der Waals surface area contributed by atoms with Crippen LogP contribution in [-0.4, -0.2) is 104 Å². The molecule has 288 valence electrons. The summed E-state index contributed by atoms with van der Waals surface area (Å²) in [5.41, 5.74) is 1.53. The molecule has 3 aromatic carbocycles. The van der Waals surface area contributed by atoms with E-state index in [0.717, 1.165) is 47.6 Å². The molecule has 16 heteroatoms. The summed E-state index contributed by atoms with van der Waals surface area (Å²) in [4.78, 5) is 11.5. The van der Waals surface area contributed by atoms with Crippen molar-refractivity contribution in [3.8, 4) is 16.8 Å². The number of aromatic nitrogens is 1.